The second kappa shape index (κ2) is 6.52. The van der Waals surface area contributed by atoms with Crippen molar-refractivity contribution in [2.45, 2.75) is 69.9 Å². The van der Waals surface area contributed by atoms with Crippen LogP contribution in [0.5, 0.6) is 5.75 Å². The third kappa shape index (κ3) is 3.28. The molecule has 3 heterocycles. The molecule has 0 spiro atoms. The molecule has 3 fully saturated rings. The number of benzene rings is 1. The minimum atomic E-state index is -0.325. The number of morpholine rings is 1. The molecule has 0 N–H and O–H groups in total. The first-order valence-electron chi connectivity index (χ1n) is 9.67. The maximum absolute atomic E-state index is 6.28. The maximum atomic E-state index is 6.28. The van der Waals surface area contributed by atoms with E-state index in [1.807, 2.05) is 12.1 Å². The van der Waals surface area contributed by atoms with Crippen LogP contribution in [-0.2, 0) is 14.0 Å². The van der Waals surface area contributed by atoms with Crippen molar-refractivity contribution >= 4 is 12.6 Å². The van der Waals surface area contributed by atoms with Crippen molar-refractivity contribution in [1.82, 2.24) is 4.90 Å². The molecule has 1 aromatic rings. The standard InChI is InChI=1S/C20H30BNO4/c1-19(2)20(3,4)26-21(25-19)14-6-8-17(9-7-14)24-18-10-15-12-23-13-16(11-18)22(15)5/h6-9,15-16,18H,10-13H2,1-5H3. The van der Waals surface area contributed by atoms with E-state index in [0.29, 0.717) is 12.1 Å². The van der Waals surface area contributed by atoms with Gasteiger partial charge in [0.1, 0.15) is 11.9 Å². The number of likely N-dealkylation sites (N-methyl/N-ethyl adjacent to an activating group) is 1. The molecule has 4 rings (SSSR count). The molecule has 2 unspecified atom stereocenters. The zero-order valence-electron chi connectivity index (χ0n) is 16.5. The highest BCUT2D eigenvalue weighted by atomic mass is 16.7. The van der Waals surface area contributed by atoms with Crippen LogP contribution in [0.15, 0.2) is 24.3 Å². The number of hydrogen-bond acceptors (Lipinski definition) is 5. The average molecular weight is 359 g/mol. The number of rotatable bonds is 3. The van der Waals surface area contributed by atoms with Gasteiger partial charge in [-0.25, -0.2) is 0 Å². The molecule has 0 radical (unpaired) electrons. The number of nitrogens with zero attached hydrogens (tertiary/aromatic N) is 1. The quantitative estimate of drug-likeness (QED) is 0.774. The fourth-order valence-corrected chi connectivity index (χ4v) is 4.02. The second-order valence-corrected chi connectivity index (χ2v) is 8.88. The molecule has 2 atom stereocenters. The Morgan fingerprint density at radius 3 is 2.04 bits per heavy atom. The smallest absolute Gasteiger partial charge is 0.490 e. The highest BCUT2D eigenvalue weighted by Gasteiger charge is 2.51. The van der Waals surface area contributed by atoms with Gasteiger partial charge in [-0.3, -0.25) is 4.90 Å². The molecule has 0 aliphatic carbocycles. The summed E-state index contributed by atoms with van der Waals surface area (Å²) in [6, 6.07) is 9.11. The molecule has 6 heteroatoms. The topological polar surface area (TPSA) is 40.2 Å². The predicted octanol–water partition coefficient (Wildman–Crippen LogP) is 2.23. The first-order valence-corrected chi connectivity index (χ1v) is 9.67. The molecule has 1 aromatic carbocycles. The van der Waals surface area contributed by atoms with Crippen molar-refractivity contribution in [3.05, 3.63) is 24.3 Å². The fourth-order valence-electron chi connectivity index (χ4n) is 4.02. The van der Waals surface area contributed by atoms with Gasteiger partial charge in [0, 0.05) is 24.9 Å². The van der Waals surface area contributed by atoms with Crippen molar-refractivity contribution in [2.24, 2.45) is 0 Å². The van der Waals surface area contributed by atoms with Crippen molar-refractivity contribution in [2.75, 3.05) is 20.3 Å². The Morgan fingerprint density at radius 2 is 1.50 bits per heavy atom. The van der Waals surface area contributed by atoms with Crippen LogP contribution >= 0.6 is 0 Å². The number of piperidine rings is 1. The molecule has 0 saturated carbocycles. The minimum absolute atomic E-state index is 0.257. The normalized spacial score (nSPS) is 33.3. The number of hydrogen-bond donors (Lipinski definition) is 0. The van der Waals surface area contributed by atoms with Gasteiger partial charge in [0.25, 0.3) is 0 Å². The highest BCUT2D eigenvalue weighted by Crippen LogP contribution is 2.36. The number of fused-ring (bicyclic) bond motifs is 2. The molecule has 26 heavy (non-hydrogen) atoms. The Balaban J connectivity index is 1.40. The maximum Gasteiger partial charge on any atom is 0.494 e. The molecule has 2 bridgehead atoms. The van der Waals surface area contributed by atoms with Crippen molar-refractivity contribution in [1.29, 1.82) is 0 Å². The zero-order valence-corrected chi connectivity index (χ0v) is 16.5. The average Bonchev–Trinajstić information content (AvgIpc) is 2.77. The zero-order chi connectivity index (χ0) is 18.5. The SMILES string of the molecule is CN1C2COCC1CC(Oc1ccc(B3OC(C)(C)C(C)(C)O3)cc1)C2. The van der Waals surface area contributed by atoms with Crippen LogP contribution in [0, 0.1) is 0 Å². The van der Waals surface area contributed by atoms with Crippen molar-refractivity contribution in [3.63, 3.8) is 0 Å². The Hall–Kier alpha value is -1.08. The molecule has 3 saturated heterocycles. The molecule has 5 nitrogen and oxygen atoms in total. The van der Waals surface area contributed by atoms with E-state index in [-0.39, 0.29) is 24.4 Å². The van der Waals surface area contributed by atoms with Crippen LogP contribution in [0.25, 0.3) is 0 Å². The Labute approximate surface area is 157 Å². The van der Waals surface area contributed by atoms with E-state index in [2.05, 4.69) is 51.8 Å². The van der Waals surface area contributed by atoms with Crippen LogP contribution in [-0.4, -0.2) is 61.7 Å². The summed E-state index contributed by atoms with van der Waals surface area (Å²) in [5.41, 5.74) is 0.395. The summed E-state index contributed by atoms with van der Waals surface area (Å²) in [6.07, 6.45) is 2.30. The van der Waals surface area contributed by atoms with Gasteiger partial charge in [0.05, 0.1) is 24.4 Å². The van der Waals surface area contributed by atoms with Gasteiger partial charge in [0.2, 0.25) is 0 Å². The second-order valence-electron chi connectivity index (χ2n) is 8.88. The number of ether oxygens (including phenoxy) is 2. The molecular weight excluding hydrogens is 329 g/mol. The Bertz CT molecular complexity index is 618. The summed E-state index contributed by atoms with van der Waals surface area (Å²) in [6.45, 7) is 9.92. The summed E-state index contributed by atoms with van der Waals surface area (Å²) in [4.78, 5) is 2.45. The highest BCUT2D eigenvalue weighted by molar-refractivity contribution is 6.62. The summed E-state index contributed by atoms with van der Waals surface area (Å²) in [5.74, 6) is 0.916. The summed E-state index contributed by atoms with van der Waals surface area (Å²) in [7, 11) is 1.88. The van der Waals surface area contributed by atoms with E-state index in [9.17, 15) is 0 Å². The first-order chi connectivity index (χ1) is 12.2. The predicted molar refractivity (Wildman–Crippen MR) is 102 cm³/mol. The van der Waals surface area contributed by atoms with Gasteiger partial charge in [-0.1, -0.05) is 12.1 Å². The fraction of sp³-hybridized carbons (Fsp3) is 0.700. The lowest BCUT2D eigenvalue weighted by Crippen LogP contribution is -2.57. The van der Waals surface area contributed by atoms with E-state index >= 15 is 0 Å². The van der Waals surface area contributed by atoms with Gasteiger partial charge >= 0.3 is 7.12 Å². The Morgan fingerprint density at radius 1 is 0.962 bits per heavy atom. The monoisotopic (exact) mass is 359 g/mol. The molecule has 0 aromatic heterocycles. The van der Waals surface area contributed by atoms with E-state index in [1.54, 1.807) is 0 Å². The summed E-state index contributed by atoms with van der Waals surface area (Å²) < 4.78 is 24.2. The van der Waals surface area contributed by atoms with Crippen LogP contribution in [0.1, 0.15) is 40.5 Å². The molecule has 142 valence electrons. The lowest BCUT2D eigenvalue weighted by Gasteiger charge is -2.46. The third-order valence-electron chi connectivity index (χ3n) is 6.55. The van der Waals surface area contributed by atoms with Gasteiger partial charge in [-0.2, -0.15) is 0 Å². The lowest BCUT2D eigenvalue weighted by atomic mass is 9.79. The molecule has 3 aliphatic rings. The molecule has 3 aliphatic heterocycles. The van der Waals surface area contributed by atoms with Crippen LogP contribution < -0.4 is 10.2 Å². The van der Waals surface area contributed by atoms with E-state index in [1.165, 1.54) is 0 Å². The van der Waals surface area contributed by atoms with E-state index in [0.717, 1.165) is 37.3 Å². The van der Waals surface area contributed by atoms with Crippen molar-refractivity contribution < 1.29 is 18.8 Å². The first kappa shape index (κ1) is 18.3. The lowest BCUT2D eigenvalue weighted by molar-refractivity contribution is -0.0879. The molecule has 0 amide bonds. The largest absolute Gasteiger partial charge is 0.494 e. The van der Waals surface area contributed by atoms with Gasteiger partial charge < -0.3 is 18.8 Å². The van der Waals surface area contributed by atoms with Crippen LogP contribution in [0.2, 0.25) is 0 Å². The summed E-state index contributed by atoms with van der Waals surface area (Å²) in [5, 5.41) is 0. The van der Waals surface area contributed by atoms with Crippen LogP contribution in [0.3, 0.4) is 0 Å². The van der Waals surface area contributed by atoms with Crippen LogP contribution in [0.4, 0.5) is 0 Å². The van der Waals surface area contributed by atoms with E-state index < -0.39 is 0 Å². The van der Waals surface area contributed by atoms with Gasteiger partial charge in [-0.05, 0) is 52.3 Å². The third-order valence-corrected chi connectivity index (χ3v) is 6.55. The summed E-state index contributed by atoms with van der Waals surface area (Å²) >= 11 is 0. The minimum Gasteiger partial charge on any atom is -0.490 e. The molecular formula is C20H30BNO4. The Kier molecular flexibility index (Phi) is 4.59. The van der Waals surface area contributed by atoms with E-state index in [4.69, 9.17) is 18.8 Å². The van der Waals surface area contributed by atoms with Crippen molar-refractivity contribution in [3.8, 4) is 5.75 Å². The van der Waals surface area contributed by atoms with Gasteiger partial charge in [0.15, 0.2) is 0 Å². The van der Waals surface area contributed by atoms with Gasteiger partial charge in [-0.15, -0.1) is 0 Å².